The van der Waals surface area contributed by atoms with Crippen molar-refractivity contribution in [2.75, 3.05) is 0 Å². The zero-order valence-corrected chi connectivity index (χ0v) is 30.4. The third-order valence-electron chi connectivity index (χ3n) is 9.83. The van der Waals surface area contributed by atoms with Gasteiger partial charge in [-0.3, -0.25) is 5.32 Å². The van der Waals surface area contributed by atoms with Gasteiger partial charge in [0, 0.05) is 5.56 Å². The predicted molar refractivity (Wildman–Crippen MR) is 227 cm³/mol. The minimum Gasteiger partial charge on any atom is -0.350 e. The minimum absolute atomic E-state index is 0.158. The standard InChI is InChI=1S/C50H45N3/c1-5-6-17-35(2)48-51-49(42-22-14-9-15-23-42)53-50(52-48)44-30-31-47-43(34-44)24-16-25-46(47)41-28-26-39(27-29-41)37(4)33-45(40-20-12-8-13-21-40)32-36(3)38-18-10-7-11-19-38/h5-34,36,48,50,52H,1-2H2,3-4H3,(H,51,53)/b17-6-,37-33+,45-32+. The molecule has 0 bridgehead atoms. The Morgan fingerprint density at radius 2 is 1.43 bits per heavy atom. The molecule has 6 aromatic rings. The van der Waals surface area contributed by atoms with Crippen LogP contribution in [0.15, 0.2) is 206 Å². The predicted octanol–water partition coefficient (Wildman–Crippen LogP) is 12.1. The summed E-state index contributed by atoms with van der Waals surface area (Å²) in [5, 5.41) is 9.69. The summed E-state index contributed by atoms with van der Waals surface area (Å²) in [5.74, 6) is 1.12. The van der Waals surface area contributed by atoms with Gasteiger partial charge in [-0.2, -0.15) is 0 Å². The summed E-state index contributed by atoms with van der Waals surface area (Å²) in [7, 11) is 0. The summed E-state index contributed by atoms with van der Waals surface area (Å²) in [6.45, 7) is 12.6. The summed E-state index contributed by atoms with van der Waals surface area (Å²) >= 11 is 0. The van der Waals surface area contributed by atoms with E-state index in [0.29, 0.717) is 0 Å². The van der Waals surface area contributed by atoms with Gasteiger partial charge in [-0.05, 0) is 79.8 Å². The lowest BCUT2D eigenvalue weighted by molar-refractivity contribution is 0.436. The Balaban J connectivity index is 1.16. The monoisotopic (exact) mass is 687 g/mol. The van der Waals surface area contributed by atoms with Crippen molar-refractivity contribution < 1.29 is 0 Å². The largest absolute Gasteiger partial charge is 0.350 e. The fourth-order valence-electron chi connectivity index (χ4n) is 6.89. The molecule has 1 aliphatic heterocycles. The number of allylic oxidation sites excluding steroid dienone is 6. The molecule has 53 heavy (non-hydrogen) atoms. The van der Waals surface area contributed by atoms with E-state index in [9.17, 15) is 0 Å². The molecule has 6 aromatic carbocycles. The Bertz CT molecular complexity index is 2330. The topological polar surface area (TPSA) is 36.4 Å². The summed E-state index contributed by atoms with van der Waals surface area (Å²) in [6, 6.07) is 53.8. The molecule has 3 heteroatoms. The second-order valence-electron chi connectivity index (χ2n) is 13.5. The zero-order chi connectivity index (χ0) is 36.6. The number of benzene rings is 6. The van der Waals surface area contributed by atoms with Crippen LogP contribution in [0.2, 0.25) is 0 Å². The third-order valence-corrected chi connectivity index (χ3v) is 9.83. The summed E-state index contributed by atoms with van der Waals surface area (Å²) < 4.78 is 0. The molecule has 1 aliphatic rings. The molecular weight excluding hydrogens is 643 g/mol. The van der Waals surface area contributed by atoms with E-state index in [4.69, 9.17) is 4.99 Å². The van der Waals surface area contributed by atoms with Gasteiger partial charge in [-0.15, -0.1) is 0 Å². The lowest BCUT2D eigenvalue weighted by Crippen LogP contribution is -2.48. The van der Waals surface area contributed by atoms with Crippen LogP contribution in [0.25, 0.3) is 33.0 Å². The highest BCUT2D eigenvalue weighted by Gasteiger charge is 2.25. The van der Waals surface area contributed by atoms with Gasteiger partial charge in [-0.25, -0.2) is 4.99 Å². The van der Waals surface area contributed by atoms with Crippen molar-refractivity contribution in [3.8, 4) is 11.1 Å². The molecule has 0 radical (unpaired) electrons. The van der Waals surface area contributed by atoms with E-state index in [2.05, 4.69) is 183 Å². The third kappa shape index (κ3) is 8.28. The van der Waals surface area contributed by atoms with Gasteiger partial charge in [-0.1, -0.05) is 196 Å². The first kappa shape index (κ1) is 35.1. The van der Waals surface area contributed by atoms with Crippen LogP contribution < -0.4 is 10.6 Å². The maximum absolute atomic E-state index is 4.97. The molecule has 7 rings (SSSR count). The molecule has 0 saturated heterocycles. The lowest BCUT2D eigenvalue weighted by atomic mass is 9.92. The van der Waals surface area contributed by atoms with Crippen LogP contribution >= 0.6 is 0 Å². The Morgan fingerprint density at radius 3 is 2.15 bits per heavy atom. The molecular formula is C50H45N3. The first-order valence-corrected chi connectivity index (χ1v) is 18.2. The van der Waals surface area contributed by atoms with E-state index < -0.39 is 0 Å². The van der Waals surface area contributed by atoms with Crippen LogP contribution in [0.3, 0.4) is 0 Å². The molecule has 0 spiro atoms. The number of amidine groups is 1. The van der Waals surface area contributed by atoms with Crippen molar-refractivity contribution in [2.24, 2.45) is 4.99 Å². The van der Waals surface area contributed by atoms with Crippen LogP contribution in [0.4, 0.5) is 0 Å². The van der Waals surface area contributed by atoms with Crippen LogP contribution in [-0.4, -0.2) is 12.0 Å². The van der Waals surface area contributed by atoms with Gasteiger partial charge in [0.2, 0.25) is 0 Å². The van der Waals surface area contributed by atoms with Crippen molar-refractivity contribution in [3.05, 3.63) is 229 Å². The van der Waals surface area contributed by atoms with Crippen molar-refractivity contribution in [1.29, 1.82) is 0 Å². The molecule has 3 atom stereocenters. The van der Waals surface area contributed by atoms with E-state index >= 15 is 0 Å². The van der Waals surface area contributed by atoms with Gasteiger partial charge >= 0.3 is 0 Å². The quantitative estimate of drug-likeness (QED) is 0.133. The maximum atomic E-state index is 4.97. The van der Waals surface area contributed by atoms with Crippen molar-refractivity contribution in [3.63, 3.8) is 0 Å². The Hall–Kier alpha value is -6.29. The number of hydrogen-bond donors (Lipinski definition) is 2. The van der Waals surface area contributed by atoms with Crippen molar-refractivity contribution in [2.45, 2.75) is 32.1 Å². The van der Waals surface area contributed by atoms with Crippen LogP contribution in [0.1, 0.15) is 53.7 Å². The van der Waals surface area contributed by atoms with Gasteiger partial charge in [0.1, 0.15) is 18.2 Å². The number of nitrogens with one attached hydrogen (secondary N) is 2. The molecule has 0 aromatic heterocycles. The number of rotatable bonds is 11. The SMILES string of the molecule is C=C/C=C\C(=C)C1N=C(c2ccccc2)NC(c2ccc3c(-c4ccc(/C(C)=C/C(=C\C(C)c5ccccc5)c5ccccc5)cc4)cccc3c2)N1. The molecule has 3 nitrogen and oxygen atoms in total. The Morgan fingerprint density at radius 1 is 0.736 bits per heavy atom. The van der Waals surface area contributed by atoms with E-state index in [1.807, 2.05) is 30.4 Å². The number of aliphatic imine (C=N–C) groups is 1. The molecule has 3 unspecified atom stereocenters. The second kappa shape index (κ2) is 16.4. The average molecular weight is 688 g/mol. The van der Waals surface area contributed by atoms with Gasteiger partial charge in [0.05, 0.1) is 0 Å². The molecule has 1 heterocycles. The molecule has 0 aliphatic carbocycles. The summed E-state index contributed by atoms with van der Waals surface area (Å²) in [5.41, 5.74) is 11.6. The van der Waals surface area contributed by atoms with Gasteiger partial charge in [0.25, 0.3) is 0 Å². The average Bonchev–Trinajstić information content (AvgIpc) is 3.22. The fourth-order valence-corrected chi connectivity index (χ4v) is 6.89. The second-order valence-corrected chi connectivity index (χ2v) is 13.5. The molecule has 260 valence electrons. The lowest BCUT2D eigenvalue weighted by Gasteiger charge is -2.32. The smallest absolute Gasteiger partial charge is 0.131 e. The highest BCUT2D eigenvalue weighted by Crippen LogP contribution is 2.33. The maximum Gasteiger partial charge on any atom is 0.131 e. The number of hydrogen-bond acceptors (Lipinski definition) is 3. The molecule has 0 amide bonds. The van der Waals surface area contributed by atoms with Crippen LogP contribution in [0, 0.1) is 0 Å². The zero-order valence-electron chi connectivity index (χ0n) is 30.4. The molecule has 0 fully saturated rings. The Kier molecular flexibility index (Phi) is 10.9. The Labute approximate surface area is 314 Å². The highest BCUT2D eigenvalue weighted by molar-refractivity contribution is 6.00. The number of nitrogens with zero attached hydrogens (tertiary/aromatic N) is 1. The number of fused-ring (bicyclic) bond motifs is 1. The van der Waals surface area contributed by atoms with Gasteiger partial charge in [0.15, 0.2) is 0 Å². The van der Waals surface area contributed by atoms with Crippen LogP contribution in [-0.2, 0) is 0 Å². The summed E-state index contributed by atoms with van der Waals surface area (Å²) in [6.07, 6.45) is 9.86. The summed E-state index contributed by atoms with van der Waals surface area (Å²) in [4.78, 5) is 4.97. The minimum atomic E-state index is -0.280. The normalized spacial score (nSPS) is 16.9. The first-order chi connectivity index (χ1) is 26.0. The van der Waals surface area contributed by atoms with E-state index in [1.165, 1.54) is 49.7 Å². The van der Waals surface area contributed by atoms with E-state index in [1.54, 1.807) is 6.08 Å². The first-order valence-electron chi connectivity index (χ1n) is 18.2. The van der Waals surface area contributed by atoms with Crippen molar-refractivity contribution in [1.82, 2.24) is 10.6 Å². The molecule has 2 N–H and O–H groups in total. The van der Waals surface area contributed by atoms with E-state index in [-0.39, 0.29) is 18.2 Å². The van der Waals surface area contributed by atoms with Gasteiger partial charge < -0.3 is 5.32 Å². The van der Waals surface area contributed by atoms with Crippen LogP contribution in [0.5, 0.6) is 0 Å². The molecule has 0 saturated carbocycles. The van der Waals surface area contributed by atoms with Crippen molar-refractivity contribution >= 4 is 27.8 Å². The fraction of sp³-hybridized carbons (Fsp3) is 0.100. The highest BCUT2D eigenvalue weighted by atomic mass is 15.3. The van der Waals surface area contributed by atoms with E-state index in [0.717, 1.165) is 22.5 Å².